The molecule has 0 aromatic carbocycles. The van der Waals surface area contributed by atoms with Crippen LogP contribution in [0.25, 0.3) is 0 Å². The Morgan fingerprint density at radius 2 is 1.71 bits per heavy atom. The summed E-state index contributed by atoms with van der Waals surface area (Å²) >= 11 is 0. The van der Waals surface area contributed by atoms with Gasteiger partial charge in [0.1, 0.15) is 0 Å². The highest BCUT2D eigenvalue weighted by Gasteiger charge is 2.00. The van der Waals surface area contributed by atoms with E-state index in [4.69, 9.17) is 5.16 Å². The summed E-state index contributed by atoms with van der Waals surface area (Å²) < 4.78 is 0. The molecule has 0 heterocycles. The Balaban J connectivity index is 3.33. The molecule has 1 N–H and O–H groups in total. The van der Waals surface area contributed by atoms with E-state index < -0.39 is 0 Å². The molecule has 42 valence electrons. The molecule has 0 bridgehead atoms. The maximum Gasteiger partial charge on any atom is 0.0358 e. The summed E-state index contributed by atoms with van der Waals surface area (Å²) in [5.74, 6) is 0. The third-order valence-electron chi connectivity index (χ3n) is 0.339. The molecule has 0 fully saturated rings. The van der Waals surface area contributed by atoms with Gasteiger partial charge in [0.15, 0.2) is 0 Å². The van der Waals surface area contributed by atoms with E-state index >= 15 is 0 Å². The van der Waals surface area contributed by atoms with Crippen LogP contribution in [0.4, 0.5) is 0 Å². The summed E-state index contributed by atoms with van der Waals surface area (Å²) in [5, 5.41) is 6.91. The van der Waals surface area contributed by atoms with Gasteiger partial charge in [0.05, 0.1) is 0 Å². The average molecular weight is 207 g/mol. The minimum Gasteiger partial charge on any atom is -0.279 e. The minimum absolute atomic E-state index is 0.000514. The molecule has 0 aliphatic carbocycles. The quantitative estimate of drug-likeness (QED) is 0.664. The molecule has 0 aliphatic rings. The first-order valence-electron chi connectivity index (χ1n) is 1.40. The van der Waals surface area contributed by atoms with Gasteiger partial charge >= 0.3 is 0 Å². The van der Waals surface area contributed by atoms with Crippen molar-refractivity contribution in [3.63, 3.8) is 0 Å². The largest absolute Gasteiger partial charge is 0.279 e. The molecule has 0 rings (SSSR count). The fourth-order valence-electron chi connectivity index (χ4n) is 0.0516. The molecular formula is H7NP6. The van der Waals surface area contributed by atoms with Crippen LogP contribution in [-0.2, 0) is 0 Å². The van der Waals surface area contributed by atoms with Crippen LogP contribution in [0.5, 0.6) is 0 Å². The Hall–Kier alpha value is 2.25. The highest BCUT2D eigenvalue weighted by molar-refractivity contribution is 8.93. The Morgan fingerprint density at radius 1 is 1.29 bits per heavy atom. The van der Waals surface area contributed by atoms with E-state index in [9.17, 15) is 0 Å². The minimum atomic E-state index is -0.0910. The lowest BCUT2D eigenvalue weighted by Crippen LogP contribution is -1.18. The third-order valence-corrected chi connectivity index (χ3v) is 21.9. The summed E-state index contributed by atoms with van der Waals surface area (Å²) in [4.78, 5) is 0. The van der Waals surface area contributed by atoms with Crippen molar-refractivity contribution in [2.75, 3.05) is 0 Å². The predicted octanol–water partition coefficient (Wildman–Crippen LogP) is 3.86. The van der Waals surface area contributed by atoms with Crippen LogP contribution in [-0.4, -0.2) is 0 Å². The molecular weight excluding hydrogens is 200 g/mol. The van der Waals surface area contributed by atoms with Gasteiger partial charge in [-0.1, -0.05) is 8.93 Å². The van der Waals surface area contributed by atoms with Crippen molar-refractivity contribution in [2.24, 2.45) is 0 Å². The van der Waals surface area contributed by atoms with Gasteiger partial charge in [0.25, 0.3) is 0 Å². The Bertz CT molecular complexity index is 57.2. The second-order valence-electron chi connectivity index (χ2n) is 0.800. The van der Waals surface area contributed by atoms with Crippen LogP contribution in [0.2, 0.25) is 0 Å². The van der Waals surface area contributed by atoms with Gasteiger partial charge < -0.3 is 0 Å². The SMILES string of the molecule is N=PP(P)P(P)P. The Kier molecular flexibility index (Phi) is 6.70. The molecule has 7 heavy (non-hydrogen) atoms. The zero-order valence-corrected chi connectivity index (χ0v) is 9.72. The number of hydrogen-bond donors (Lipinski definition) is 1. The first-order valence-corrected chi connectivity index (χ1v) is 11.2. The molecule has 0 radical (unpaired) electrons. The van der Waals surface area contributed by atoms with Crippen LogP contribution in [0.15, 0.2) is 0 Å². The zero-order valence-electron chi connectivity index (χ0n) is 3.57. The highest BCUT2D eigenvalue weighted by Crippen LogP contribution is 2.88. The van der Waals surface area contributed by atoms with Gasteiger partial charge in [-0.2, -0.15) is 0 Å². The van der Waals surface area contributed by atoms with Crippen molar-refractivity contribution < 1.29 is 0 Å². The molecule has 1 nitrogen and oxygen atoms in total. The molecule has 7 heteroatoms. The highest BCUT2D eigenvalue weighted by atomic mass is 33.0. The lowest BCUT2D eigenvalue weighted by molar-refractivity contribution is 1.66. The van der Waals surface area contributed by atoms with E-state index in [1.165, 1.54) is 0 Å². The van der Waals surface area contributed by atoms with E-state index in [1.807, 2.05) is 0 Å². The van der Waals surface area contributed by atoms with Gasteiger partial charge in [-0.05, 0) is 6.99 Å². The second kappa shape index (κ2) is 5.07. The van der Waals surface area contributed by atoms with Crippen molar-refractivity contribution >= 4 is 48.8 Å². The second-order valence-corrected chi connectivity index (χ2v) is 19.8. The van der Waals surface area contributed by atoms with Gasteiger partial charge in [0, 0.05) is 15.0 Å². The first-order chi connectivity index (χ1) is 3.18. The van der Waals surface area contributed by atoms with E-state index in [2.05, 4.69) is 26.8 Å². The lowest BCUT2D eigenvalue weighted by atomic mass is 14.0. The Morgan fingerprint density at radius 3 is 1.71 bits per heavy atom. The van der Waals surface area contributed by atoms with Crippen LogP contribution in [0.1, 0.15) is 0 Å². The topological polar surface area (TPSA) is 23.9 Å². The van der Waals surface area contributed by atoms with Crippen molar-refractivity contribution in [3.05, 3.63) is 0 Å². The summed E-state index contributed by atoms with van der Waals surface area (Å²) in [5.41, 5.74) is 0. The molecule has 4 atom stereocenters. The maximum atomic E-state index is 6.91. The molecule has 0 saturated heterocycles. The van der Waals surface area contributed by atoms with Crippen LogP contribution in [0, 0.1) is 5.16 Å². The normalized spacial score (nSPS) is 15.4. The number of rotatable bonds is 2. The van der Waals surface area contributed by atoms with Gasteiger partial charge in [0.2, 0.25) is 0 Å². The molecule has 4 unspecified atom stereocenters. The van der Waals surface area contributed by atoms with Gasteiger partial charge in [-0.15, -0.1) is 17.9 Å². The van der Waals surface area contributed by atoms with E-state index in [1.54, 1.807) is 0 Å². The number of nitrogens with one attached hydrogen (secondary N) is 1. The summed E-state index contributed by atoms with van der Waals surface area (Å²) in [7, 11) is 8.94. The van der Waals surface area contributed by atoms with Crippen molar-refractivity contribution in [1.29, 1.82) is 5.16 Å². The zero-order chi connectivity index (χ0) is 5.86. The molecule has 0 saturated carbocycles. The summed E-state index contributed by atoms with van der Waals surface area (Å²) in [6.07, 6.45) is 0. The molecule has 0 aromatic rings. The Labute approximate surface area is 54.4 Å². The van der Waals surface area contributed by atoms with Gasteiger partial charge in [-0.3, -0.25) is 5.16 Å². The van der Waals surface area contributed by atoms with Gasteiger partial charge in [-0.25, -0.2) is 0 Å². The van der Waals surface area contributed by atoms with Crippen LogP contribution in [0.3, 0.4) is 0 Å². The smallest absolute Gasteiger partial charge is 0.0358 e. The maximum absolute atomic E-state index is 6.91. The number of hydrogen-bond acceptors (Lipinski definition) is 1. The van der Waals surface area contributed by atoms with Crippen molar-refractivity contribution in [1.82, 2.24) is 0 Å². The molecule has 0 aliphatic heterocycles. The third kappa shape index (κ3) is 4.73. The fraction of sp³-hybridized carbons (Fsp3) is 0. The molecule has 0 amide bonds. The fourth-order valence-corrected chi connectivity index (χ4v) is 4.18. The van der Waals surface area contributed by atoms with Crippen molar-refractivity contribution in [2.45, 2.75) is 0 Å². The van der Waals surface area contributed by atoms with E-state index in [-0.39, 0.29) is 14.0 Å². The van der Waals surface area contributed by atoms with E-state index in [0.717, 1.165) is 8.06 Å². The standard InChI is InChI=1S/H7NP6/c1-5-7(4)6(2)3/h1H,2-4H2. The lowest BCUT2D eigenvalue weighted by Gasteiger charge is -2.05. The summed E-state index contributed by atoms with van der Waals surface area (Å²) in [6.45, 7) is -0.0916. The molecule has 0 spiro atoms. The average Bonchev–Trinajstić information content (AvgIpc) is 1.65. The van der Waals surface area contributed by atoms with E-state index in [0.29, 0.717) is 0 Å². The van der Waals surface area contributed by atoms with Crippen LogP contribution >= 0.6 is 48.8 Å². The monoisotopic (exact) mass is 207 g/mol. The first kappa shape index (κ1) is 9.25. The van der Waals surface area contributed by atoms with Crippen LogP contribution < -0.4 is 0 Å². The summed E-state index contributed by atoms with van der Waals surface area (Å²) in [6, 6.07) is 0. The molecule has 0 aromatic heterocycles. The predicted molar refractivity (Wildman–Crippen MR) is 52.6 cm³/mol. The van der Waals surface area contributed by atoms with Crippen molar-refractivity contribution in [3.8, 4) is 0 Å².